The molecule has 0 radical (unpaired) electrons. The van der Waals surface area contributed by atoms with Crippen molar-refractivity contribution in [1.82, 2.24) is 19.9 Å². The summed E-state index contributed by atoms with van der Waals surface area (Å²) in [6.45, 7) is 11.5. The number of aromatic nitrogens is 3. The van der Waals surface area contributed by atoms with Crippen molar-refractivity contribution in [1.29, 1.82) is 0 Å². The van der Waals surface area contributed by atoms with Crippen LogP contribution in [0.15, 0.2) is 23.8 Å². The third-order valence-corrected chi connectivity index (χ3v) is 6.01. The highest BCUT2D eigenvalue weighted by Crippen LogP contribution is 2.43. The number of aryl methyl sites for hydroxylation is 1. The van der Waals surface area contributed by atoms with Crippen LogP contribution < -0.4 is 14.8 Å². The quantitative estimate of drug-likeness (QED) is 0.579. The first-order chi connectivity index (χ1) is 15.2. The molecule has 2 aromatic heterocycles. The van der Waals surface area contributed by atoms with E-state index in [4.69, 9.17) is 14.5 Å². The van der Waals surface area contributed by atoms with Crippen LogP contribution in [0.3, 0.4) is 0 Å². The molecule has 0 fully saturated rings. The summed E-state index contributed by atoms with van der Waals surface area (Å²) in [6.07, 6.45) is 2.59. The molecule has 0 aliphatic carbocycles. The van der Waals surface area contributed by atoms with Gasteiger partial charge < -0.3 is 19.4 Å². The van der Waals surface area contributed by atoms with E-state index in [1.807, 2.05) is 30.5 Å². The molecule has 0 unspecified atom stereocenters. The van der Waals surface area contributed by atoms with Gasteiger partial charge in [-0.05, 0) is 43.4 Å². The molecule has 0 bridgehead atoms. The second kappa shape index (κ2) is 8.58. The van der Waals surface area contributed by atoms with Crippen molar-refractivity contribution < 1.29 is 14.3 Å². The van der Waals surface area contributed by atoms with E-state index in [0.29, 0.717) is 30.4 Å². The Morgan fingerprint density at radius 2 is 2.06 bits per heavy atom. The molecule has 7 nitrogen and oxygen atoms in total. The van der Waals surface area contributed by atoms with Gasteiger partial charge in [0.1, 0.15) is 5.69 Å². The molecule has 1 aliphatic heterocycles. The molecule has 1 aliphatic rings. The number of rotatable bonds is 6. The van der Waals surface area contributed by atoms with Crippen LogP contribution in [0.5, 0.6) is 11.5 Å². The number of hydrogen-bond donors (Lipinski definition) is 1. The number of ether oxygens (including phenoxy) is 2. The molecule has 170 valence electrons. The smallest absolute Gasteiger partial charge is 0.287 e. The van der Waals surface area contributed by atoms with Gasteiger partial charge in [0, 0.05) is 24.8 Å². The third kappa shape index (κ3) is 4.37. The van der Waals surface area contributed by atoms with Crippen molar-refractivity contribution in [3.8, 4) is 33.3 Å². The Morgan fingerprint density at radius 1 is 1.28 bits per heavy atom. The van der Waals surface area contributed by atoms with E-state index < -0.39 is 0 Å². The fourth-order valence-electron chi connectivity index (χ4n) is 3.81. The summed E-state index contributed by atoms with van der Waals surface area (Å²) < 4.78 is 13.7. The highest BCUT2D eigenvalue weighted by Gasteiger charge is 2.30. The molecule has 0 spiro atoms. The predicted octanol–water partition coefficient (Wildman–Crippen LogP) is 4.80. The lowest BCUT2D eigenvalue weighted by molar-refractivity contribution is 0.0924. The van der Waals surface area contributed by atoms with Gasteiger partial charge in [-0.25, -0.2) is 4.98 Å². The first-order valence-electron chi connectivity index (χ1n) is 10.8. The summed E-state index contributed by atoms with van der Waals surface area (Å²) in [5, 5.41) is 3.05. The van der Waals surface area contributed by atoms with Gasteiger partial charge in [-0.3, -0.25) is 9.78 Å². The largest absolute Gasteiger partial charge is 0.493 e. The third-order valence-electron chi connectivity index (χ3n) is 5.23. The zero-order valence-electron chi connectivity index (χ0n) is 19.5. The van der Waals surface area contributed by atoms with Gasteiger partial charge in [-0.1, -0.05) is 20.8 Å². The number of thiazole rings is 1. The van der Waals surface area contributed by atoms with Crippen molar-refractivity contribution in [2.24, 2.45) is 5.41 Å². The lowest BCUT2D eigenvalue weighted by Crippen LogP contribution is -2.34. The number of carbonyl (C=O) groups is 1. The molecule has 0 atom stereocenters. The topological polar surface area (TPSA) is 78.3 Å². The molecular formula is C24H30N4O3S. The molecule has 1 N–H and O–H groups in total. The number of carbonyl (C=O) groups excluding carboxylic acids is 1. The molecule has 32 heavy (non-hydrogen) atoms. The molecule has 0 saturated carbocycles. The molecule has 3 heterocycles. The minimum atomic E-state index is -0.160. The maximum Gasteiger partial charge on any atom is 0.287 e. The summed E-state index contributed by atoms with van der Waals surface area (Å²) in [6, 6.07) is 4.06. The van der Waals surface area contributed by atoms with Crippen LogP contribution in [-0.2, 0) is 13.0 Å². The van der Waals surface area contributed by atoms with E-state index in [2.05, 4.69) is 31.1 Å². The van der Waals surface area contributed by atoms with Gasteiger partial charge in [0.2, 0.25) is 0 Å². The Labute approximate surface area is 192 Å². The Balaban J connectivity index is 1.86. The second-order valence-electron chi connectivity index (χ2n) is 9.47. The van der Waals surface area contributed by atoms with Crippen molar-refractivity contribution >= 4 is 17.2 Å². The number of nitrogens with one attached hydrogen (secondary N) is 1. The Hall–Kier alpha value is -2.87. The molecule has 1 aromatic carbocycles. The van der Waals surface area contributed by atoms with Gasteiger partial charge in [0.25, 0.3) is 5.91 Å². The number of hydrogen-bond acceptors (Lipinski definition) is 6. The van der Waals surface area contributed by atoms with E-state index in [1.54, 1.807) is 18.8 Å². The van der Waals surface area contributed by atoms with Crippen LogP contribution in [0.25, 0.3) is 21.8 Å². The number of nitrogens with zero attached hydrogens (tertiary/aromatic N) is 3. The fraction of sp³-hybridized carbons (Fsp3) is 0.458. The Bertz CT molecular complexity index is 1130. The van der Waals surface area contributed by atoms with Gasteiger partial charge in [0.05, 0.1) is 29.3 Å². The van der Waals surface area contributed by atoms with Crippen molar-refractivity contribution in [2.75, 3.05) is 13.7 Å². The van der Waals surface area contributed by atoms with Gasteiger partial charge in [-0.15, -0.1) is 11.3 Å². The van der Waals surface area contributed by atoms with Crippen LogP contribution in [0.2, 0.25) is 0 Å². The van der Waals surface area contributed by atoms with Crippen LogP contribution in [0, 0.1) is 5.41 Å². The van der Waals surface area contributed by atoms with Gasteiger partial charge >= 0.3 is 0 Å². The highest BCUT2D eigenvalue weighted by molar-refractivity contribution is 7.13. The van der Waals surface area contributed by atoms with E-state index >= 15 is 0 Å². The van der Waals surface area contributed by atoms with Crippen LogP contribution >= 0.6 is 11.3 Å². The zero-order chi connectivity index (χ0) is 23.0. The lowest BCUT2D eigenvalue weighted by atomic mass is 9.96. The Morgan fingerprint density at radius 3 is 2.69 bits per heavy atom. The van der Waals surface area contributed by atoms with Gasteiger partial charge in [-0.2, -0.15) is 0 Å². The van der Waals surface area contributed by atoms with Gasteiger partial charge in [0.15, 0.2) is 17.3 Å². The highest BCUT2D eigenvalue weighted by atomic mass is 32.1. The number of imidazole rings is 1. The minimum Gasteiger partial charge on any atom is -0.493 e. The van der Waals surface area contributed by atoms with Crippen LogP contribution in [-0.4, -0.2) is 40.2 Å². The average molecular weight is 455 g/mol. The maximum atomic E-state index is 13.1. The molecular weight excluding hydrogens is 424 g/mol. The molecule has 0 saturated heterocycles. The Kier molecular flexibility index (Phi) is 5.99. The average Bonchev–Trinajstić information content (AvgIpc) is 3.38. The minimum absolute atomic E-state index is 0.00940. The molecule has 3 aromatic rings. The summed E-state index contributed by atoms with van der Waals surface area (Å²) in [5.41, 5.74) is 5.63. The van der Waals surface area contributed by atoms with Crippen molar-refractivity contribution in [3.05, 3.63) is 35.2 Å². The van der Waals surface area contributed by atoms with Crippen molar-refractivity contribution in [3.63, 3.8) is 0 Å². The molecule has 4 rings (SSSR count). The normalized spacial score (nSPS) is 13.0. The monoisotopic (exact) mass is 454 g/mol. The SMILES string of the molecule is COc1cc2c(cc1OC(C)C)-c1c(-c3cncs3)nc(C(=O)NCC(C)(C)C)n1CC2. The number of fused-ring (bicyclic) bond motifs is 3. The summed E-state index contributed by atoms with van der Waals surface area (Å²) in [7, 11) is 1.66. The predicted molar refractivity (Wildman–Crippen MR) is 127 cm³/mol. The van der Waals surface area contributed by atoms with Crippen LogP contribution in [0.4, 0.5) is 0 Å². The lowest BCUT2D eigenvalue weighted by Gasteiger charge is -2.24. The summed E-state index contributed by atoms with van der Waals surface area (Å²) >= 11 is 1.51. The summed E-state index contributed by atoms with van der Waals surface area (Å²) in [4.78, 5) is 23.1. The van der Waals surface area contributed by atoms with E-state index in [1.165, 1.54) is 11.3 Å². The fourth-order valence-corrected chi connectivity index (χ4v) is 4.42. The standard InChI is InChI=1S/C24H30N4O3S/c1-14(2)31-18-10-16-15(9-17(18)30-6)7-8-28-21(16)20(19-11-25-13-32-19)27-22(28)23(29)26-12-24(3,4)5/h9-11,13-14H,7-8,12H2,1-6H3,(H,26,29). The van der Waals surface area contributed by atoms with E-state index in [0.717, 1.165) is 33.8 Å². The molecule has 8 heteroatoms. The van der Waals surface area contributed by atoms with E-state index in [9.17, 15) is 4.79 Å². The zero-order valence-corrected chi connectivity index (χ0v) is 20.3. The van der Waals surface area contributed by atoms with Crippen molar-refractivity contribution in [2.45, 2.75) is 53.7 Å². The molecule has 1 amide bonds. The number of amides is 1. The second-order valence-corrected chi connectivity index (χ2v) is 10.4. The number of benzene rings is 1. The van der Waals surface area contributed by atoms with Crippen LogP contribution in [0.1, 0.15) is 50.8 Å². The summed E-state index contributed by atoms with van der Waals surface area (Å²) in [5.74, 6) is 1.67. The first kappa shape index (κ1) is 22.3. The maximum absolute atomic E-state index is 13.1. The first-order valence-corrected chi connectivity index (χ1v) is 11.7. The van der Waals surface area contributed by atoms with E-state index in [-0.39, 0.29) is 17.4 Å². The number of methoxy groups -OCH3 is 1.